The zero-order valence-corrected chi connectivity index (χ0v) is 17.8. The fourth-order valence-electron chi connectivity index (χ4n) is 3.39. The van der Waals surface area contributed by atoms with Gasteiger partial charge in [0.1, 0.15) is 18.5 Å². The second-order valence-electron chi connectivity index (χ2n) is 7.53. The maximum absolute atomic E-state index is 12.6. The van der Waals surface area contributed by atoms with E-state index in [9.17, 15) is 14.7 Å². The molecule has 32 heavy (non-hydrogen) atoms. The number of fused-ring (bicyclic) bond motifs is 1. The molecule has 3 heterocycles. The predicted molar refractivity (Wildman–Crippen MR) is 120 cm³/mol. The summed E-state index contributed by atoms with van der Waals surface area (Å²) < 4.78 is 8.52. The van der Waals surface area contributed by atoms with Crippen LogP contribution in [0.3, 0.4) is 0 Å². The van der Waals surface area contributed by atoms with Crippen LogP contribution in [0.15, 0.2) is 58.4 Å². The maximum Gasteiger partial charge on any atom is 0.329 e. The Morgan fingerprint density at radius 1 is 1.25 bits per heavy atom. The maximum atomic E-state index is 12.6. The second kappa shape index (κ2) is 9.06. The van der Waals surface area contributed by atoms with E-state index in [1.54, 1.807) is 17.0 Å². The number of imidazole rings is 1. The molecule has 0 aliphatic carbocycles. The fraction of sp³-hybridized carbons (Fsp3) is 0.273. The number of H-pyrrole nitrogens is 1. The van der Waals surface area contributed by atoms with Crippen molar-refractivity contribution < 1.29 is 9.84 Å². The molecule has 0 unspecified atom stereocenters. The Balaban J connectivity index is 1.62. The third kappa shape index (κ3) is 4.54. The van der Waals surface area contributed by atoms with Crippen molar-refractivity contribution in [2.24, 2.45) is 7.05 Å². The number of pyridine rings is 1. The molecule has 0 fully saturated rings. The summed E-state index contributed by atoms with van der Waals surface area (Å²) >= 11 is 0. The molecule has 0 aliphatic heterocycles. The average Bonchev–Trinajstić information content (AvgIpc) is 3.14. The quantitative estimate of drug-likeness (QED) is 0.378. The molecule has 0 bridgehead atoms. The molecule has 1 atom stereocenters. The molecule has 0 aliphatic rings. The molecule has 1 aromatic carbocycles. The van der Waals surface area contributed by atoms with Gasteiger partial charge < -0.3 is 19.7 Å². The van der Waals surface area contributed by atoms with Crippen molar-refractivity contribution in [2.75, 3.05) is 11.9 Å². The van der Waals surface area contributed by atoms with Crippen LogP contribution in [0.25, 0.3) is 11.2 Å². The number of ether oxygens (including phenoxy) is 1. The van der Waals surface area contributed by atoms with E-state index in [0.717, 1.165) is 11.1 Å². The van der Waals surface area contributed by atoms with Gasteiger partial charge in [-0.1, -0.05) is 18.2 Å². The van der Waals surface area contributed by atoms with Gasteiger partial charge in [-0.3, -0.25) is 19.3 Å². The Morgan fingerprint density at radius 2 is 2.09 bits per heavy atom. The summed E-state index contributed by atoms with van der Waals surface area (Å²) in [6.45, 7) is 2.42. The third-order valence-corrected chi connectivity index (χ3v) is 5.01. The van der Waals surface area contributed by atoms with Crippen LogP contribution >= 0.6 is 0 Å². The van der Waals surface area contributed by atoms with Gasteiger partial charge in [0.25, 0.3) is 5.56 Å². The van der Waals surface area contributed by atoms with Crippen LogP contribution in [0.5, 0.6) is 5.75 Å². The minimum atomic E-state index is -0.927. The summed E-state index contributed by atoms with van der Waals surface area (Å²) in [4.78, 5) is 35.4. The zero-order valence-electron chi connectivity index (χ0n) is 17.8. The van der Waals surface area contributed by atoms with Crippen molar-refractivity contribution in [3.05, 3.63) is 80.8 Å². The molecule has 4 aromatic rings. The average molecular weight is 436 g/mol. The number of aromatic nitrogens is 5. The summed E-state index contributed by atoms with van der Waals surface area (Å²) in [5.74, 6) is 1.000. The lowest BCUT2D eigenvalue weighted by molar-refractivity contribution is 0.0938. The van der Waals surface area contributed by atoms with Crippen molar-refractivity contribution in [3.8, 4) is 5.75 Å². The van der Waals surface area contributed by atoms with Crippen molar-refractivity contribution in [1.29, 1.82) is 0 Å². The molecular weight excluding hydrogens is 412 g/mol. The van der Waals surface area contributed by atoms with Gasteiger partial charge in [0.05, 0.1) is 6.54 Å². The van der Waals surface area contributed by atoms with Gasteiger partial charge >= 0.3 is 5.69 Å². The first-order valence-corrected chi connectivity index (χ1v) is 10.1. The lowest BCUT2D eigenvalue weighted by atomic mass is 10.2. The van der Waals surface area contributed by atoms with E-state index in [0.29, 0.717) is 18.2 Å². The van der Waals surface area contributed by atoms with Gasteiger partial charge in [0.2, 0.25) is 5.95 Å². The van der Waals surface area contributed by atoms with E-state index in [1.807, 2.05) is 43.3 Å². The zero-order chi connectivity index (χ0) is 22.7. The molecule has 0 saturated carbocycles. The van der Waals surface area contributed by atoms with Crippen molar-refractivity contribution in [3.63, 3.8) is 0 Å². The minimum Gasteiger partial charge on any atom is -0.491 e. The first kappa shape index (κ1) is 21.3. The summed E-state index contributed by atoms with van der Waals surface area (Å²) in [5.41, 5.74) is 1.24. The Hall–Kier alpha value is -3.92. The highest BCUT2D eigenvalue weighted by Crippen LogP contribution is 2.18. The van der Waals surface area contributed by atoms with E-state index in [2.05, 4.69) is 20.3 Å². The smallest absolute Gasteiger partial charge is 0.329 e. The molecular formula is C22H24N6O4. The lowest BCUT2D eigenvalue weighted by Gasteiger charge is -2.16. The number of aliphatic hydroxyl groups is 1. The number of aryl methyl sites for hydroxylation is 2. The van der Waals surface area contributed by atoms with E-state index >= 15 is 0 Å². The van der Waals surface area contributed by atoms with Crippen LogP contribution in [0.4, 0.5) is 5.95 Å². The molecule has 10 nitrogen and oxygen atoms in total. The van der Waals surface area contributed by atoms with Crippen LogP contribution in [-0.4, -0.2) is 41.9 Å². The van der Waals surface area contributed by atoms with E-state index in [1.165, 1.54) is 11.6 Å². The van der Waals surface area contributed by atoms with E-state index in [-0.39, 0.29) is 24.3 Å². The largest absolute Gasteiger partial charge is 0.491 e. The Kier molecular flexibility index (Phi) is 6.04. The predicted octanol–water partition coefficient (Wildman–Crippen LogP) is 1.18. The number of nitrogens with zero attached hydrogens (tertiary/aromatic N) is 4. The minimum absolute atomic E-state index is 0.0227. The van der Waals surface area contributed by atoms with E-state index < -0.39 is 17.4 Å². The number of aliphatic hydroxyl groups excluding tert-OH is 1. The van der Waals surface area contributed by atoms with Crippen LogP contribution in [-0.2, 0) is 20.1 Å². The first-order chi connectivity index (χ1) is 15.4. The van der Waals surface area contributed by atoms with Crippen LogP contribution in [0.2, 0.25) is 0 Å². The van der Waals surface area contributed by atoms with Gasteiger partial charge in [0, 0.05) is 26.0 Å². The summed E-state index contributed by atoms with van der Waals surface area (Å²) in [6, 6.07) is 11.2. The van der Waals surface area contributed by atoms with Crippen molar-refractivity contribution >= 4 is 17.1 Å². The van der Waals surface area contributed by atoms with Crippen LogP contribution in [0.1, 0.15) is 11.1 Å². The Labute approximate surface area is 183 Å². The SMILES string of the molecule is Cc1cccc(OC[C@@H](O)Cn2c(NCc3cccnc3)nc3c2c(=O)[nH]c(=O)n3C)c1. The third-order valence-electron chi connectivity index (χ3n) is 5.01. The van der Waals surface area contributed by atoms with Crippen molar-refractivity contribution in [2.45, 2.75) is 26.1 Å². The normalized spacial score (nSPS) is 12.1. The summed E-state index contributed by atoms with van der Waals surface area (Å²) in [5, 5.41) is 13.8. The highest BCUT2D eigenvalue weighted by Gasteiger charge is 2.20. The second-order valence-corrected chi connectivity index (χ2v) is 7.53. The number of hydrogen-bond donors (Lipinski definition) is 3. The molecule has 0 saturated heterocycles. The number of hydrogen-bond acceptors (Lipinski definition) is 7. The monoisotopic (exact) mass is 436 g/mol. The van der Waals surface area contributed by atoms with Gasteiger partial charge in [-0.15, -0.1) is 0 Å². The van der Waals surface area contributed by atoms with Gasteiger partial charge in [-0.25, -0.2) is 4.79 Å². The topological polar surface area (TPSA) is 127 Å². The van der Waals surface area contributed by atoms with Gasteiger partial charge in [0.15, 0.2) is 11.2 Å². The van der Waals surface area contributed by atoms with Crippen LogP contribution < -0.4 is 21.3 Å². The summed E-state index contributed by atoms with van der Waals surface area (Å²) in [7, 11) is 1.53. The number of aromatic amines is 1. The number of rotatable bonds is 8. The highest BCUT2D eigenvalue weighted by molar-refractivity contribution is 5.74. The molecule has 0 amide bonds. The standard InChI is InChI=1S/C22H24N6O4/c1-14-5-3-7-17(9-14)32-13-16(29)12-28-18-19(27(2)22(31)26-20(18)30)25-21(28)24-11-15-6-4-8-23-10-15/h3-10,16,29H,11-13H2,1-2H3,(H,24,25)(H,26,30,31)/t16-/m0/s1. The van der Waals surface area contributed by atoms with Gasteiger partial charge in [-0.2, -0.15) is 4.98 Å². The molecule has 10 heteroatoms. The van der Waals surface area contributed by atoms with Crippen LogP contribution in [0, 0.1) is 6.92 Å². The van der Waals surface area contributed by atoms with Crippen molar-refractivity contribution in [1.82, 2.24) is 24.1 Å². The van der Waals surface area contributed by atoms with Gasteiger partial charge in [-0.05, 0) is 36.2 Å². The van der Waals surface area contributed by atoms with E-state index in [4.69, 9.17) is 4.74 Å². The molecule has 3 aromatic heterocycles. The summed E-state index contributed by atoms with van der Waals surface area (Å²) in [6.07, 6.45) is 2.47. The molecule has 4 rings (SSSR count). The highest BCUT2D eigenvalue weighted by atomic mass is 16.5. The Bertz CT molecular complexity index is 1340. The molecule has 166 valence electrons. The number of benzene rings is 1. The fourth-order valence-corrected chi connectivity index (χ4v) is 3.39. The molecule has 0 radical (unpaired) electrons. The molecule has 0 spiro atoms. The number of nitrogens with one attached hydrogen (secondary N) is 2. The first-order valence-electron chi connectivity index (χ1n) is 10.1. The number of anilines is 1. The Morgan fingerprint density at radius 3 is 2.84 bits per heavy atom. The lowest BCUT2D eigenvalue weighted by Crippen LogP contribution is -2.31. The molecule has 3 N–H and O–H groups in total.